The minimum absolute atomic E-state index is 0.128. The molecule has 0 radical (unpaired) electrons. The predicted molar refractivity (Wildman–Crippen MR) is 73.9 cm³/mol. The van der Waals surface area contributed by atoms with Gasteiger partial charge in [-0.3, -0.25) is 4.79 Å². The Labute approximate surface area is 112 Å². The average Bonchev–Trinajstić information content (AvgIpc) is 2.31. The first kappa shape index (κ1) is 15.1. The van der Waals surface area contributed by atoms with Crippen LogP contribution in [0.25, 0.3) is 0 Å². The number of rotatable bonds is 5. The maximum Gasteiger partial charge on any atom is 0.239 e. The lowest BCUT2D eigenvalue weighted by Gasteiger charge is -2.22. The number of amides is 1. The Bertz CT molecular complexity index is 463. The van der Waals surface area contributed by atoms with Gasteiger partial charge in [-0.15, -0.1) is 0 Å². The van der Waals surface area contributed by atoms with Gasteiger partial charge in [-0.25, -0.2) is 4.39 Å². The molecule has 0 saturated carbocycles. The number of nitrogen functional groups attached to an aromatic ring is 1. The molecule has 3 N–H and O–H groups in total. The minimum atomic E-state index is -0.511. The van der Waals surface area contributed by atoms with Gasteiger partial charge in [-0.1, -0.05) is 0 Å². The molecule has 0 spiro atoms. The van der Waals surface area contributed by atoms with Gasteiger partial charge in [0.1, 0.15) is 0 Å². The predicted octanol–water partition coefficient (Wildman–Crippen LogP) is 1.38. The van der Waals surface area contributed by atoms with Crippen LogP contribution in [0.4, 0.5) is 15.8 Å². The molecule has 0 fully saturated rings. The molecule has 0 aliphatic rings. The Balaban J connectivity index is 3.02. The zero-order valence-corrected chi connectivity index (χ0v) is 11.7. The van der Waals surface area contributed by atoms with Crippen LogP contribution in [0.2, 0.25) is 0 Å². The van der Waals surface area contributed by atoms with E-state index >= 15 is 0 Å². The highest BCUT2D eigenvalue weighted by Crippen LogP contribution is 2.30. The van der Waals surface area contributed by atoms with Crippen molar-refractivity contribution in [1.29, 1.82) is 0 Å². The van der Waals surface area contributed by atoms with Crippen molar-refractivity contribution in [2.45, 2.75) is 20.0 Å². The summed E-state index contributed by atoms with van der Waals surface area (Å²) >= 11 is 0. The van der Waals surface area contributed by atoms with Gasteiger partial charge in [0.25, 0.3) is 0 Å². The summed E-state index contributed by atoms with van der Waals surface area (Å²) in [5, 5.41) is 2.52. The molecule has 1 aromatic rings. The topological polar surface area (TPSA) is 67.6 Å². The standard InChI is InChI=1S/C13H20FN3O2/c1-8(2)19-12-6-11(10(15)5-9(12)14)17(4)7-13(18)16-3/h5-6,8H,7,15H2,1-4H3,(H,16,18). The summed E-state index contributed by atoms with van der Waals surface area (Å²) in [4.78, 5) is 13.0. The van der Waals surface area contributed by atoms with E-state index in [-0.39, 0.29) is 30.0 Å². The van der Waals surface area contributed by atoms with Crippen LogP contribution in [0.3, 0.4) is 0 Å². The highest BCUT2D eigenvalue weighted by Gasteiger charge is 2.14. The fourth-order valence-corrected chi connectivity index (χ4v) is 1.61. The highest BCUT2D eigenvalue weighted by molar-refractivity contribution is 5.83. The summed E-state index contributed by atoms with van der Waals surface area (Å²) in [5.74, 6) is -0.538. The van der Waals surface area contributed by atoms with Crippen LogP contribution in [0, 0.1) is 5.82 Å². The second-order valence-corrected chi connectivity index (χ2v) is 4.54. The molecule has 0 atom stereocenters. The smallest absolute Gasteiger partial charge is 0.239 e. The summed E-state index contributed by atoms with van der Waals surface area (Å²) in [6, 6.07) is 2.71. The molecular formula is C13H20FN3O2. The number of nitrogens with zero attached hydrogens (tertiary/aromatic N) is 1. The van der Waals surface area contributed by atoms with Gasteiger partial charge >= 0.3 is 0 Å². The van der Waals surface area contributed by atoms with E-state index in [1.54, 1.807) is 19.0 Å². The summed E-state index contributed by atoms with van der Waals surface area (Å²) in [6.45, 7) is 3.75. The fourth-order valence-electron chi connectivity index (χ4n) is 1.61. The molecular weight excluding hydrogens is 249 g/mol. The lowest BCUT2D eigenvalue weighted by molar-refractivity contribution is -0.119. The third kappa shape index (κ3) is 4.01. The van der Waals surface area contributed by atoms with Crippen molar-refractivity contribution in [3.05, 3.63) is 17.9 Å². The Hall–Kier alpha value is -1.98. The average molecular weight is 269 g/mol. The Morgan fingerprint density at radius 3 is 2.68 bits per heavy atom. The van der Waals surface area contributed by atoms with Gasteiger partial charge in [0.15, 0.2) is 11.6 Å². The van der Waals surface area contributed by atoms with Crippen molar-refractivity contribution in [2.75, 3.05) is 31.3 Å². The number of hydrogen-bond donors (Lipinski definition) is 2. The first-order valence-corrected chi connectivity index (χ1v) is 6.02. The lowest BCUT2D eigenvalue weighted by atomic mass is 10.2. The summed E-state index contributed by atoms with van der Waals surface area (Å²) in [5.41, 5.74) is 6.59. The first-order valence-electron chi connectivity index (χ1n) is 6.02. The Morgan fingerprint density at radius 2 is 2.16 bits per heavy atom. The van der Waals surface area contributed by atoms with E-state index in [0.29, 0.717) is 5.69 Å². The van der Waals surface area contributed by atoms with Crippen LogP contribution < -0.4 is 20.7 Å². The monoisotopic (exact) mass is 269 g/mol. The number of halogens is 1. The molecule has 1 aromatic carbocycles. The molecule has 0 aliphatic carbocycles. The molecule has 0 aliphatic heterocycles. The van der Waals surface area contributed by atoms with Crippen molar-refractivity contribution in [2.24, 2.45) is 0 Å². The zero-order chi connectivity index (χ0) is 14.6. The van der Waals surface area contributed by atoms with Crippen molar-refractivity contribution in [3.8, 4) is 5.75 Å². The number of anilines is 2. The number of ether oxygens (including phenoxy) is 1. The minimum Gasteiger partial charge on any atom is -0.488 e. The molecule has 19 heavy (non-hydrogen) atoms. The molecule has 0 bridgehead atoms. The summed E-state index contributed by atoms with van der Waals surface area (Å²) in [6.07, 6.45) is -0.143. The van der Waals surface area contributed by atoms with Gasteiger partial charge in [0.2, 0.25) is 5.91 Å². The Morgan fingerprint density at radius 1 is 1.53 bits per heavy atom. The van der Waals surface area contributed by atoms with Gasteiger partial charge < -0.3 is 20.7 Å². The van der Waals surface area contributed by atoms with Crippen LogP contribution in [0.15, 0.2) is 12.1 Å². The summed E-state index contributed by atoms with van der Waals surface area (Å²) in [7, 11) is 3.26. The van der Waals surface area contributed by atoms with Crippen LogP contribution >= 0.6 is 0 Å². The van der Waals surface area contributed by atoms with E-state index in [1.807, 2.05) is 13.8 Å². The molecule has 5 nitrogen and oxygen atoms in total. The molecule has 0 aromatic heterocycles. The molecule has 0 saturated heterocycles. The molecule has 6 heteroatoms. The third-order valence-electron chi connectivity index (χ3n) is 2.51. The van der Waals surface area contributed by atoms with Crippen molar-refractivity contribution < 1.29 is 13.9 Å². The number of likely N-dealkylation sites (N-methyl/N-ethyl adjacent to an activating group) is 2. The molecule has 1 amide bonds. The molecule has 106 valence electrons. The molecule has 0 heterocycles. The van der Waals surface area contributed by atoms with Gasteiger partial charge in [-0.05, 0) is 13.8 Å². The summed E-state index contributed by atoms with van der Waals surface area (Å²) < 4.78 is 19.0. The zero-order valence-electron chi connectivity index (χ0n) is 11.7. The van der Waals surface area contributed by atoms with Gasteiger partial charge in [0.05, 0.1) is 24.0 Å². The van der Waals surface area contributed by atoms with Crippen molar-refractivity contribution in [3.63, 3.8) is 0 Å². The fraction of sp³-hybridized carbons (Fsp3) is 0.462. The number of carbonyl (C=O) groups excluding carboxylic acids is 1. The number of carbonyl (C=O) groups is 1. The molecule has 0 unspecified atom stereocenters. The van der Waals surface area contributed by atoms with Crippen LogP contribution in [-0.2, 0) is 4.79 Å². The Kier molecular flexibility index (Phi) is 4.97. The van der Waals surface area contributed by atoms with Crippen LogP contribution in [-0.4, -0.2) is 32.7 Å². The van der Waals surface area contributed by atoms with Gasteiger partial charge in [-0.2, -0.15) is 0 Å². The second-order valence-electron chi connectivity index (χ2n) is 4.54. The lowest BCUT2D eigenvalue weighted by Crippen LogP contribution is -2.33. The number of benzene rings is 1. The third-order valence-corrected chi connectivity index (χ3v) is 2.51. The van der Waals surface area contributed by atoms with Gasteiger partial charge in [0, 0.05) is 26.2 Å². The van der Waals surface area contributed by atoms with Crippen LogP contribution in [0.5, 0.6) is 5.75 Å². The normalized spacial score (nSPS) is 10.4. The SMILES string of the molecule is CNC(=O)CN(C)c1cc(OC(C)C)c(F)cc1N. The maximum atomic E-state index is 13.7. The van der Waals surface area contributed by atoms with E-state index in [4.69, 9.17) is 10.5 Å². The first-order chi connectivity index (χ1) is 8.85. The van der Waals surface area contributed by atoms with E-state index in [1.165, 1.54) is 12.1 Å². The van der Waals surface area contributed by atoms with E-state index < -0.39 is 5.82 Å². The maximum absolute atomic E-state index is 13.7. The van der Waals surface area contributed by atoms with E-state index in [2.05, 4.69) is 5.32 Å². The second kappa shape index (κ2) is 6.26. The quantitative estimate of drug-likeness (QED) is 0.792. The van der Waals surface area contributed by atoms with E-state index in [0.717, 1.165) is 0 Å². The highest BCUT2D eigenvalue weighted by atomic mass is 19.1. The van der Waals surface area contributed by atoms with Crippen molar-refractivity contribution in [1.82, 2.24) is 5.32 Å². The molecule has 1 rings (SSSR count). The largest absolute Gasteiger partial charge is 0.488 e. The van der Waals surface area contributed by atoms with Crippen LogP contribution in [0.1, 0.15) is 13.8 Å². The number of hydrogen-bond acceptors (Lipinski definition) is 4. The van der Waals surface area contributed by atoms with Crippen molar-refractivity contribution >= 4 is 17.3 Å². The van der Waals surface area contributed by atoms with E-state index in [9.17, 15) is 9.18 Å². The number of nitrogens with one attached hydrogen (secondary N) is 1. The number of nitrogens with two attached hydrogens (primary N) is 1.